The Labute approximate surface area is 159 Å². The molecule has 140 valence electrons. The first-order valence-corrected chi connectivity index (χ1v) is 9.35. The summed E-state index contributed by atoms with van der Waals surface area (Å²) in [6, 6.07) is 14.3. The lowest BCUT2D eigenvalue weighted by Crippen LogP contribution is -2.44. The fraction of sp³-hybridized carbons (Fsp3) is 0.318. The second-order valence-electron chi connectivity index (χ2n) is 6.84. The van der Waals surface area contributed by atoms with Crippen molar-refractivity contribution >= 4 is 23.4 Å². The third kappa shape index (κ3) is 3.92. The van der Waals surface area contributed by atoms with Gasteiger partial charge < -0.3 is 0 Å². The van der Waals surface area contributed by atoms with Crippen molar-refractivity contribution in [2.24, 2.45) is 0 Å². The summed E-state index contributed by atoms with van der Waals surface area (Å²) in [5.41, 5.74) is 2.56. The summed E-state index contributed by atoms with van der Waals surface area (Å²) in [5.74, 6) is -0.785. The largest absolute Gasteiger partial charge is 0.294 e. The van der Waals surface area contributed by atoms with E-state index in [2.05, 4.69) is 6.92 Å². The van der Waals surface area contributed by atoms with Gasteiger partial charge in [-0.1, -0.05) is 49.6 Å². The minimum Gasteiger partial charge on any atom is -0.294 e. The Bertz CT molecular complexity index is 823. The van der Waals surface area contributed by atoms with E-state index in [4.69, 9.17) is 0 Å². The van der Waals surface area contributed by atoms with Crippen LogP contribution in [0.25, 0.3) is 0 Å². The summed E-state index contributed by atoms with van der Waals surface area (Å²) < 4.78 is 0. The zero-order valence-electron chi connectivity index (χ0n) is 15.8. The molecule has 2 aromatic carbocycles. The number of anilines is 1. The fourth-order valence-electron chi connectivity index (χ4n) is 3.20. The molecule has 0 radical (unpaired) electrons. The molecule has 27 heavy (non-hydrogen) atoms. The predicted octanol–water partition coefficient (Wildman–Crippen LogP) is 4.16. The Balaban J connectivity index is 1.85. The highest BCUT2D eigenvalue weighted by atomic mass is 16.2. The zero-order valence-corrected chi connectivity index (χ0v) is 15.8. The quantitative estimate of drug-likeness (QED) is 0.547. The highest BCUT2D eigenvalue weighted by Crippen LogP contribution is 2.25. The minimum absolute atomic E-state index is 0.0691. The Kier molecular flexibility index (Phi) is 5.69. The topological polar surface area (TPSA) is 57.7 Å². The number of unbranched alkanes of at least 4 members (excludes halogenated alkanes) is 2. The smallest absolute Gasteiger partial charge is 0.263 e. The maximum atomic E-state index is 12.9. The number of aryl methyl sites for hydroxylation is 1. The number of carbonyl (C=O) groups excluding carboxylic acids is 3. The first-order valence-electron chi connectivity index (χ1n) is 9.35. The number of benzene rings is 2. The lowest BCUT2D eigenvalue weighted by Gasteiger charge is -2.27. The molecule has 0 N–H and O–H groups in total. The molecule has 1 heterocycles. The first-order chi connectivity index (χ1) is 13.0. The van der Waals surface area contributed by atoms with E-state index in [1.54, 1.807) is 24.3 Å². The van der Waals surface area contributed by atoms with Crippen LogP contribution < -0.4 is 4.90 Å². The van der Waals surface area contributed by atoms with Crippen LogP contribution in [0.4, 0.5) is 5.69 Å². The van der Waals surface area contributed by atoms with Gasteiger partial charge in [-0.25, -0.2) is 0 Å². The maximum Gasteiger partial charge on any atom is 0.263 e. The minimum atomic E-state index is -0.353. The molecule has 0 aromatic heterocycles. The van der Waals surface area contributed by atoms with Crippen molar-refractivity contribution in [1.29, 1.82) is 0 Å². The standard InChI is InChI=1S/C22H24N2O3/c1-3-4-5-10-20(25)23(17-13-11-16(2)12-14-17)15-24-21(26)18-8-6-7-9-19(18)22(24)27/h6-9,11-14H,3-5,10,15H2,1-2H3. The summed E-state index contributed by atoms with van der Waals surface area (Å²) in [7, 11) is 0. The molecule has 0 spiro atoms. The van der Waals surface area contributed by atoms with Crippen LogP contribution in [0.15, 0.2) is 48.5 Å². The van der Waals surface area contributed by atoms with Crippen molar-refractivity contribution in [2.45, 2.75) is 39.5 Å². The molecule has 0 saturated carbocycles. The van der Waals surface area contributed by atoms with E-state index >= 15 is 0 Å². The molecule has 5 nitrogen and oxygen atoms in total. The van der Waals surface area contributed by atoms with Crippen LogP contribution in [0.3, 0.4) is 0 Å². The molecule has 0 aliphatic carbocycles. The second kappa shape index (κ2) is 8.16. The molecule has 2 aromatic rings. The van der Waals surface area contributed by atoms with Gasteiger partial charge in [0.1, 0.15) is 6.67 Å². The van der Waals surface area contributed by atoms with Gasteiger partial charge in [-0.3, -0.25) is 24.2 Å². The van der Waals surface area contributed by atoms with E-state index in [0.29, 0.717) is 23.2 Å². The average molecular weight is 364 g/mol. The SMILES string of the molecule is CCCCCC(=O)N(CN1C(=O)c2ccccc2C1=O)c1ccc(C)cc1. The second-order valence-corrected chi connectivity index (χ2v) is 6.84. The molecule has 3 amide bonds. The van der Waals surface area contributed by atoms with Gasteiger partial charge in [0.25, 0.3) is 11.8 Å². The van der Waals surface area contributed by atoms with Gasteiger partial charge in [0.05, 0.1) is 11.1 Å². The van der Waals surface area contributed by atoms with E-state index in [1.165, 1.54) is 4.90 Å². The van der Waals surface area contributed by atoms with Crippen LogP contribution in [0.5, 0.6) is 0 Å². The van der Waals surface area contributed by atoms with Gasteiger partial charge >= 0.3 is 0 Å². The Morgan fingerprint density at radius 2 is 1.52 bits per heavy atom. The maximum absolute atomic E-state index is 12.9. The third-order valence-corrected chi connectivity index (χ3v) is 4.80. The highest BCUT2D eigenvalue weighted by Gasteiger charge is 2.37. The third-order valence-electron chi connectivity index (χ3n) is 4.80. The first kappa shape index (κ1) is 18.8. The zero-order chi connectivity index (χ0) is 19.4. The summed E-state index contributed by atoms with van der Waals surface area (Å²) >= 11 is 0. The van der Waals surface area contributed by atoms with E-state index in [1.807, 2.05) is 31.2 Å². The van der Waals surface area contributed by atoms with Gasteiger partial charge in [0.15, 0.2) is 0 Å². The number of nitrogens with zero attached hydrogens (tertiary/aromatic N) is 2. The van der Waals surface area contributed by atoms with Crippen LogP contribution in [-0.2, 0) is 4.79 Å². The number of carbonyl (C=O) groups is 3. The molecular weight excluding hydrogens is 340 g/mol. The van der Waals surface area contributed by atoms with Crippen molar-refractivity contribution < 1.29 is 14.4 Å². The number of hydrogen-bond donors (Lipinski definition) is 0. The Hall–Kier alpha value is -2.95. The normalized spacial score (nSPS) is 13.0. The van der Waals surface area contributed by atoms with E-state index < -0.39 is 0 Å². The van der Waals surface area contributed by atoms with E-state index in [-0.39, 0.29) is 24.4 Å². The summed E-state index contributed by atoms with van der Waals surface area (Å²) in [6.07, 6.45) is 3.18. The van der Waals surface area contributed by atoms with Gasteiger partial charge in [-0.05, 0) is 37.6 Å². The molecule has 0 bridgehead atoms. The van der Waals surface area contributed by atoms with Gasteiger partial charge in [0.2, 0.25) is 5.91 Å². The molecule has 0 fully saturated rings. The van der Waals surface area contributed by atoms with Crippen LogP contribution in [0, 0.1) is 6.92 Å². The lowest BCUT2D eigenvalue weighted by molar-refractivity contribution is -0.119. The lowest BCUT2D eigenvalue weighted by atomic mass is 10.1. The predicted molar refractivity (Wildman–Crippen MR) is 105 cm³/mol. The van der Waals surface area contributed by atoms with E-state index in [0.717, 1.165) is 29.7 Å². The van der Waals surface area contributed by atoms with Gasteiger partial charge in [0, 0.05) is 12.1 Å². The summed E-state index contributed by atoms with van der Waals surface area (Å²) in [4.78, 5) is 40.9. The van der Waals surface area contributed by atoms with Crippen LogP contribution in [-0.4, -0.2) is 29.3 Å². The van der Waals surface area contributed by atoms with Crippen LogP contribution >= 0.6 is 0 Å². The van der Waals surface area contributed by atoms with Crippen molar-refractivity contribution in [2.75, 3.05) is 11.6 Å². The average Bonchev–Trinajstić information content (AvgIpc) is 2.92. The molecule has 1 aliphatic heterocycles. The summed E-state index contributed by atoms with van der Waals surface area (Å²) in [6.45, 7) is 3.99. The number of hydrogen-bond acceptors (Lipinski definition) is 3. The molecule has 3 rings (SSSR count). The Morgan fingerprint density at radius 1 is 0.926 bits per heavy atom. The number of fused-ring (bicyclic) bond motifs is 1. The van der Waals surface area contributed by atoms with E-state index in [9.17, 15) is 14.4 Å². The molecule has 5 heteroatoms. The summed E-state index contributed by atoms with van der Waals surface area (Å²) in [5, 5.41) is 0. The Morgan fingerprint density at radius 3 is 2.07 bits per heavy atom. The monoisotopic (exact) mass is 364 g/mol. The van der Waals surface area contributed by atoms with Crippen molar-refractivity contribution in [3.05, 3.63) is 65.2 Å². The van der Waals surface area contributed by atoms with Crippen LogP contribution in [0.1, 0.15) is 58.9 Å². The van der Waals surface area contributed by atoms with Gasteiger partial charge in [-0.15, -0.1) is 0 Å². The van der Waals surface area contributed by atoms with Crippen LogP contribution in [0.2, 0.25) is 0 Å². The number of rotatable bonds is 7. The van der Waals surface area contributed by atoms with Gasteiger partial charge in [-0.2, -0.15) is 0 Å². The molecule has 0 saturated heterocycles. The molecule has 0 atom stereocenters. The molecule has 1 aliphatic rings. The number of amides is 3. The fourth-order valence-corrected chi connectivity index (χ4v) is 3.20. The highest BCUT2D eigenvalue weighted by molar-refractivity contribution is 6.21. The van der Waals surface area contributed by atoms with Crippen molar-refractivity contribution in [1.82, 2.24) is 4.90 Å². The van der Waals surface area contributed by atoms with Crippen molar-refractivity contribution in [3.63, 3.8) is 0 Å². The molecular formula is C22H24N2O3. The van der Waals surface area contributed by atoms with Crippen molar-refractivity contribution in [3.8, 4) is 0 Å². The molecule has 0 unspecified atom stereocenters. The number of imide groups is 1.